The van der Waals surface area contributed by atoms with Crippen molar-refractivity contribution >= 4 is 5.69 Å². The molecular weight excluding hydrogens is 258 g/mol. The summed E-state index contributed by atoms with van der Waals surface area (Å²) in [7, 11) is 0. The van der Waals surface area contributed by atoms with E-state index in [9.17, 15) is 5.11 Å². The lowest BCUT2D eigenvalue weighted by Gasteiger charge is -2.28. The molecule has 0 amide bonds. The number of anilines is 1. The molecule has 110 valence electrons. The van der Waals surface area contributed by atoms with E-state index in [4.69, 9.17) is 0 Å². The van der Waals surface area contributed by atoms with Gasteiger partial charge in [-0.05, 0) is 49.3 Å². The third-order valence-electron chi connectivity index (χ3n) is 4.31. The van der Waals surface area contributed by atoms with Gasteiger partial charge in [-0.15, -0.1) is 0 Å². The first-order valence-corrected chi connectivity index (χ1v) is 7.88. The minimum absolute atomic E-state index is 0.0948. The minimum Gasteiger partial charge on any atom is -0.393 e. The van der Waals surface area contributed by atoms with Crippen LogP contribution in [0.15, 0.2) is 54.6 Å². The van der Waals surface area contributed by atoms with Crippen molar-refractivity contribution in [2.45, 2.75) is 44.2 Å². The summed E-state index contributed by atoms with van der Waals surface area (Å²) in [6.45, 7) is 0. The number of aliphatic hydroxyl groups is 1. The van der Waals surface area contributed by atoms with Crippen molar-refractivity contribution in [3.05, 3.63) is 65.7 Å². The summed E-state index contributed by atoms with van der Waals surface area (Å²) in [6, 6.07) is 19.6. The molecule has 0 unspecified atom stereocenters. The van der Waals surface area contributed by atoms with Crippen LogP contribution in [-0.2, 0) is 6.42 Å². The van der Waals surface area contributed by atoms with E-state index >= 15 is 0 Å². The molecule has 0 radical (unpaired) electrons. The molecule has 0 aromatic heterocycles. The highest BCUT2D eigenvalue weighted by molar-refractivity contribution is 5.53. The molecule has 2 N–H and O–H groups in total. The summed E-state index contributed by atoms with van der Waals surface area (Å²) in [5, 5.41) is 13.3. The van der Waals surface area contributed by atoms with E-state index in [1.54, 1.807) is 0 Å². The Morgan fingerprint density at radius 2 is 1.52 bits per heavy atom. The maximum absolute atomic E-state index is 9.61. The highest BCUT2D eigenvalue weighted by Gasteiger charge is 2.19. The van der Waals surface area contributed by atoms with Crippen molar-refractivity contribution in [1.82, 2.24) is 0 Å². The lowest BCUT2D eigenvalue weighted by Crippen LogP contribution is -2.28. The van der Waals surface area contributed by atoms with E-state index in [0.717, 1.165) is 32.1 Å². The Labute approximate surface area is 126 Å². The van der Waals surface area contributed by atoms with Gasteiger partial charge in [0.25, 0.3) is 0 Å². The first-order chi connectivity index (χ1) is 10.3. The molecule has 1 saturated carbocycles. The van der Waals surface area contributed by atoms with Crippen molar-refractivity contribution in [3.8, 4) is 0 Å². The maximum atomic E-state index is 9.61. The molecule has 0 bridgehead atoms. The monoisotopic (exact) mass is 281 g/mol. The molecule has 0 spiro atoms. The Morgan fingerprint density at radius 3 is 2.29 bits per heavy atom. The van der Waals surface area contributed by atoms with Gasteiger partial charge in [0.05, 0.1) is 6.10 Å². The Kier molecular flexibility index (Phi) is 4.56. The van der Waals surface area contributed by atoms with Crippen LogP contribution in [0.4, 0.5) is 5.69 Å². The molecular formula is C19H23NO. The van der Waals surface area contributed by atoms with Gasteiger partial charge in [0.1, 0.15) is 0 Å². The summed E-state index contributed by atoms with van der Waals surface area (Å²) >= 11 is 0. The summed E-state index contributed by atoms with van der Waals surface area (Å²) < 4.78 is 0. The van der Waals surface area contributed by atoms with Crippen LogP contribution in [0.1, 0.15) is 36.8 Å². The van der Waals surface area contributed by atoms with Crippen molar-refractivity contribution in [1.29, 1.82) is 0 Å². The quantitative estimate of drug-likeness (QED) is 0.888. The van der Waals surface area contributed by atoms with Crippen LogP contribution in [0.5, 0.6) is 0 Å². The Morgan fingerprint density at radius 1 is 0.857 bits per heavy atom. The van der Waals surface area contributed by atoms with Gasteiger partial charge in [0.15, 0.2) is 0 Å². The minimum atomic E-state index is -0.0948. The SMILES string of the molecule is OC1CCC(Nc2ccccc2Cc2ccccc2)CC1. The van der Waals surface area contributed by atoms with Crippen LogP contribution in [0.2, 0.25) is 0 Å². The van der Waals surface area contributed by atoms with E-state index < -0.39 is 0 Å². The third kappa shape index (κ3) is 3.85. The largest absolute Gasteiger partial charge is 0.393 e. The smallest absolute Gasteiger partial charge is 0.0541 e. The van der Waals surface area contributed by atoms with E-state index in [1.807, 2.05) is 0 Å². The van der Waals surface area contributed by atoms with Crippen LogP contribution in [0.3, 0.4) is 0 Å². The number of benzene rings is 2. The van der Waals surface area contributed by atoms with Gasteiger partial charge < -0.3 is 10.4 Å². The second-order valence-electron chi connectivity index (χ2n) is 5.97. The highest BCUT2D eigenvalue weighted by Crippen LogP contribution is 2.25. The van der Waals surface area contributed by atoms with Crippen molar-refractivity contribution in [2.75, 3.05) is 5.32 Å². The van der Waals surface area contributed by atoms with Crippen molar-refractivity contribution in [2.24, 2.45) is 0 Å². The van der Waals surface area contributed by atoms with Gasteiger partial charge in [-0.3, -0.25) is 0 Å². The van der Waals surface area contributed by atoms with E-state index in [-0.39, 0.29) is 6.10 Å². The van der Waals surface area contributed by atoms with Gasteiger partial charge in [0.2, 0.25) is 0 Å². The summed E-state index contributed by atoms with van der Waals surface area (Å²) in [6.07, 6.45) is 4.81. The van der Waals surface area contributed by atoms with E-state index in [0.29, 0.717) is 6.04 Å². The number of para-hydroxylation sites is 1. The average Bonchev–Trinajstić information content (AvgIpc) is 2.52. The van der Waals surface area contributed by atoms with Crippen LogP contribution in [0.25, 0.3) is 0 Å². The van der Waals surface area contributed by atoms with Crippen LogP contribution in [-0.4, -0.2) is 17.3 Å². The predicted octanol–water partition coefficient (Wildman–Crippen LogP) is 3.99. The van der Waals surface area contributed by atoms with Crippen LogP contribution < -0.4 is 5.32 Å². The zero-order valence-corrected chi connectivity index (χ0v) is 12.3. The standard InChI is InChI=1S/C19H23NO/c21-18-12-10-17(11-13-18)20-19-9-5-4-8-16(19)14-15-6-2-1-3-7-15/h1-9,17-18,20-21H,10-14H2. The second kappa shape index (κ2) is 6.77. The summed E-state index contributed by atoms with van der Waals surface area (Å²) in [4.78, 5) is 0. The summed E-state index contributed by atoms with van der Waals surface area (Å²) in [5.74, 6) is 0. The molecule has 1 aliphatic rings. The average molecular weight is 281 g/mol. The molecule has 0 atom stereocenters. The number of hydrogen-bond acceptors (Lipinski definition) is 2. The molecule has 21 heavy (non-hydrogen) atoms. The number of nitrogens with one attached hydrogen (secondary N) is 1. The molecule has 2 heteroatoms. The second-order valence-corrected chi connectivity index (χ2v) is 5.97. The lowest BCUT2D eigenvalue weighted by atomic mass is 9.92. The topological polar surface area (TPSA) is 32.3 Å². The Balaban J connectivity index is 1.70. The fraction of sp³-hybridized carbons (Fsp3) is 0.368. The van der Waals surface area contributed by atoms with Gasteiger partial charge in [-0.25, -0.2) is 0 Å². The third-order valence-corrected chi connectivity index (χ3v) is 4.31. The molecule has 0 aliphatic heterocycles. The summed E-state index contributed by atoms with van der Waals surface area (Å²) in [5.41, 5.74) is 3.92. The fourth-order valence-corrected chi connectivity index (χ4v) is 3.07. The molecule has 2 aromatic rings. The zero-order valence-electron chi connectivity index (χ0n) is 12.3. The first-order valence-electron chi connectivity index (χ1n) is 7.88. The fourth-order valence-electron chi connectivity index (χ4n) is 3.07. The van der Waals surface area contributed by atoms with Crippen LogP contribution >= 0.6 is 0 Å². The van der Waals surface area contributed by atoms with Gasteiger partial charge >= 0.3 is 0 Å². The lowest BCUT2D eigenvalue weighted by molar-refractivity contribution is 0.126. The number of rotatable bonds is 4. The van der Waals surface area contributed by atoms with Gasteiger partial charge in [-0.2, -0.15) is 0 Å². The zero-order chi connectivity index (χ0) is 14.5. The van der Waals surface area contributed by atoms with Gasteiger partial charge in [0, 0.05) is 11.7 Å². The maximum Gasteiger partial charge on any atom is 0.0541 e. The van der Waals surface area contributed by atoms with Crippen LogP contribution in [0, 0.1) is 0 Å². The Hall–Kier alpha value is -1.80. The Bertz CT molecular complexity index is 559. The normalized spacial score (nSPS) is 22.0. The molecule has 1 aliphatic carbocycles. The highest BCUT2D eigenvalue weighted by atomic mass is 16.3. The molecule has 3 rings (SSSR count). The van der Waals surface area contributed by atoms with Crippen molar-refractivity contribution in [3.63, 3.8) is 0 Å². The predicted molar refractivity (Wildman–Crippen MR) is 87.6 cm³/mol. The van der Waals surface area contributed by atoms with Gasteiger partial charge in [-0.1, -0.05) is 48.5 Å². The molecule has 2 nitrogen and oxygen atoms in total. The molecule has 0 saturated heterocycles. The number of hydrogen-bond donors (Lipinski definition) is 2. The molecule has 2 aromatic carbocycles. The van der Waals surface area contributed by atoms with Crippen molar-refractivity contribution < 1.29 is 5.11 Å². The molecule has 0 heterocycles. The van der Waals surface area contributed by atoms with E-state index in [2.05, 4.69) is 59.9 Å². The number of aliphatic hydroxyl groups excluding tert-OH is 1. The molecule has 1 fully saturated rings. The first kappa shape index (κ1) is 14.2. The van der Waals surface area contributed by atoms with E-state index in [1.165, 1.54) is 16.8 Å².